The largest absolute Gasteiger partial charge is 0.0985 e. The molecule has 0 saturated heterocycles. The summed E-state index contributed by atoms with van der Waals surface area (Å²) in [6.07, 6.45) is 3.14. The molecule has 0 radical (unpaired) electrons. The predicted molar refractivity (Wildman–Crippen MR) is 62.0 cm³/mol. The highest BCUT2D eigenvalue weighted by Gasteiger charge is 1.91. The van der Waals surface area contributed by atoms with Crippen LogP contribution in [0.1, 0.15) is 37.0 Å². The number of hydrogen-bond acceptors (Lipinski definition) is 0. The number of hydrogen-bond donors (Lipinski definition) is 0. The van der Waals surface area contributed by atoms with Crippen molar-refractivity contribution in [1.82, 2.24) is 0 Å². The molecular formula is C13H20. The van der Waals surface area contributed by atoms with E-state index in [0.717, 1.165) is 0 Å². The monoisotopic (exact) mass is 176 g/mol. The quantitative estimate of drug-likeness (QED) is 0.596. The molecule has 0 atom stereocenters. The van der Waals surface area contributed by atoms with Crippen LogP contribution in [0.5, 0.6) is 0 Å². The van der Waals surface area contributed by atoms with Crippen molar-refractivity contribution < 1.29 is 0 Å². The first kappa shape index (κ1) is 12.0. The fraction of sp³-hybridized carbons (Fsp3) is 0.385. The average Bonchev–Trinajstić information content (AvgIpc) is 2.10. The third-order valence-corrected chi connectivity index (χ3v) is 1.65. The molecule has 1 aromatic rings. The maximum Gasteiger partial charge on any atom is -0.0231 e. The molecule has 0 nitrogen and oxygen atoms in total. The molecule has 0 unspecified atom stereocenters. The lowest BCUT2D eigenvalue weighted by atomic mass is 10.1. The normalized spacial score (nSPS) is 8.62. The van der Waals surface area contributed by atoms with Gasteiger partial charge in [-0.15, -0.1) is 0 Å². The smallest absolute Gasteiger partial charge is 0.0231 e. The zero-order chi connectivity index (χ0) is 10.3. The highest BCUT2D eigenvalue weighted by molar-refractivity contribution is 5.52. The van der Waals surface area contributed by atoms with E-state index < -0.39 is 0 Å². The molecule has 13 heavy (non-hydrogen) atoms. The van der Waals surface area contributed by atoms with Crippen molar-refractivity contribution in [2.24, 2.45) is 0 Å². The van der Waals surface area contributed by atoms with Gasteiger partial charge in [0.2, 0.25) is 0 Å². The van der Waals surface area contributed by atoms with Crippen LogP contribution in [0, 0.1) is 13.8 Å². The maximum atomic E-state index is 3.73. The molecule has 1 aromatic carbocycles. The van der Waals surface area contributed by atoms with E-state index in [1.54, 1.807) is 0 Å². The molecule has 0 N–H and O–H groups in total. The van der Waals surface area contributed by atoms with Crippen molar-refractivity contribution in [3.8, 4) is 0 Å². The topological polar surface area (TPSA) is 0 Å². The molecular weight excluding hydrogens is 156 g/mol. The van der Waals surface area contributed by atoms with Gasteiger partial charge in [-0.2, -0.15) is 0 Å². The second kappa shape index (κ2) is 6.47. The van der Waals surface area contributed by atoms with Crippen LogP contribution in [0.3, 0.4) is 0 Å². The highest BCUT2D eigenvalue weighted by Crippen LogP contribution is 2.10. The van der Waals surface area contributed by atoms with Crippen LogP contribution >= 0.6 is 0 Å². The van der Waals surface area contributed by atoms with Gasteiger partial charge >= 0.3 is 0 Å². The Morgan fingerprint density at radius 1 is 1.23 bits per heavy atom. The number of rotatable bonds is 1. The summed E-state index contributed by atoms with van der Waals surface area (Å²) >= 11 is 0. The fourth-order valence-corrected chi connectivity index (χ4v) is 0.980. The van der Waals surface area contributed by atoms with E-state index in [1.807, 2.05) is 6.08 Å². The molecule has 0 aliphatic rings. The first-order valence-corrected chi connectivity index (χ1v) is 4.85. The van der Waals surface area contributed by atoms with E-state index in [-0.39, 0.29) is 0 Å². The van der Waals surface area contributed by atoms with Crippen molar-refractivity contribution in [2.75, 3.05) is 0 Å². The van der Waals surface area contributed by atoms with E-state index in [9.17, 15) is 0 Å². The Bertz CT molecular complexity index is 259. The minimum absolute atomic E-state index is 1.24. The third-order valence-electron chi connectivity index (χ3n) is 1.65. The van der Waals surface area contributed by atoms with Gasteiger partial charge in [-0.25, -0.2) is 0 Å². The van der Waals surface area contributed by atoms with Gasteiger partial charge in [0.1, 0.15) is 0 Å². The van der Waals surface area contributed by atoms with Gasteiger partial charge in [-0.3, -0.25) is 0 Å². The second-order valence-electron chi connectivity index (χ2n) is 3.27. The van der Waals surface area contributed by atoms with E-state index in [1.165, 1.54) is 23.1 Å². The summed E-state index contributed by atoms with van der Waals surface area (Å²) in [6, 6.07) is 6.37. The first-order valence-electron chi connectivity index (χ1n) is 4.85. The SMILES string of the molecule is C=Cc1cc(C)ccc1C.CCC. The van der Waals surface area contributed by atoms with Crippen LogP contribution in [-0.2, 0) is 0 Å². The molecule has 0 fully saturated rings. The molecule has 0 aliphatic carbocycles. The van der Waals surface area contributed by atoms with Crippen molar-refractivity contribution >= 4 is 6.08 Å². The number of aryl methyl sites for hydroxylation is 2. The van der Waals surface area contributed by atoms with Gasteiger partial charge < -0.3 is 0 Å². The van der Waals surface area contributed by atoms with E-state index in [0.29, 0.717) is 0 Å². The molecule has 72 valence electrons. The minimum atomic E-state index is 1.24. The third kappa shape index (κ3) is 4.51. The van der Waals surface area contributed by atoms with Crippen LogP contribution in [0.2, 0.25) is 0 Å². The zero-order valence-electron chi connectivity index (χ0n) is 9.22. The van der Waals surface area contributed by atoms with Crippen LogP contribution in [0.15, 0.2) is 24.8 Å². The zero-order valence-corrected chi connectivity index (χ0v) is 9.22. The predicted octanol–water partition coefficient (Wildman–Crippen LogP) is 4.36. The van der Waals surface area contributed by atoms with Crippen molar-refractivity contribution in [2.45, 2.75) is 34.1 Å². The van der Waals surface area contributed by atoms with Crippen LogP contribution in [-0.4, -0.2) is 0 Å². The summed E-state index contributed by atoms with van der Waals surface area (Å²) < 4.78 is 0. The lowest BCUT2D eigenvalue weighted by Gasteiger charge is -1.99. The molecule has 0 spiro atoms. The van der Waals surface area contributed by atoms with Gasteiger partial charge in [-0.05, 0) is 25.0 Å². The summed E-state index contributed by atoms with van der Waals surface area (Å²) in [5.74, 6) is 0. The first-order chi connectivity index (χ1) is 6.15. The summed E-state index contributed by atoms with van der Waals surface area (Å²) in [4.78, 5) is 0. The Morgan fingerprint density at radius 3 is 2.15 bits per heavy atom. The molecule has 0 aliphatic heterocycles. The number of benzene rings is 1. The second-order valence-corrected chi connectivity index (χ2v) is 3.27. The van der Waals surface area contributed by atoms with Crippen molar-refractivity contribution in [1.29, 1.82) is 0 Å². The standard InChI is InChI=1S/C10H12.C3H8/c1-4-10-7-8(2)5-6-9(10)3;1-3-2/h4-7H,1H2,2-3H3;3H2,1-2H3. The van der Waals surface area contributed by atoms with Gasteiger partial charge in [0, 0.05) is 0 Å². The molecule has 0 saturated carbocycles. The lowest BCUT2D eigenvalue weighted by molar-refractivity contribution is 1.09. The minimum Gasteiger partial charge on any atom is -0.0985 e. The maximum absolute atomic E-state index is 3.73. The Kier molecular flexibility index (Phi) is 5.96. The molecule has 0 heteroatoms. The molecule has 0 amide bonds. The van der Waals surface area contributed by atoms with Crippen molar-refractivity contribution in [3.05, 3.63) is 41.5 Å². The van der Waals surface area contributed by atoms with E-state index in [2.05, 4.69) is 52.5 Å². The Labute approximate surface area is 82.3 Å². The van der Waals surface area contributed by atoms with Gasteiger partial charge in [-0.1, -0.05) is 56.7 Å². The molecule has 1 rings (SSSR count). The Balaban J connectivity index is 0.000000424. The summed E-state index contributed by atoms with van der Waals surface area (Å²) in [6.45, 7) is 12.2. The fourth-order valence-electron chi connectivity index (χ4n) is 0.980. The molecule has 0 heterocycles. The Morgan fingerprint density at radius 2 is 1.77 bits per heavy atom. The summed E-state index contributed by atoms with van der Waals surface area (Å²) in [7, 11) is 0. The summed E-state index contributed by atoms with van der Waals surface area (Å²) in [5.41, 5.74) is 3.82. The van der Waals surface area contributed by atoms with Gasteiger partial charge in [0.25, 0.3) is 0 Å². The lowest BCUT2D eigenvalue weighted by Crippen LogP contribution is -1.80. The average molecular weight is 176 g/mol. The van der Waals surface area contributed by atoms with Gasteiger partial charge in [0.15, 0.2) is 0 Å². The van der Waals surface area contributed by atoms with Gasteiger partial charge in [0.05, 0.1) is 0 Å². The molecule has 0 aromatic heterocycles. The van der Waals surface area contributed by atoms with Crippen molar-refractivity contribution in [3.63, 3.8) is 0 Å². The summed E-state index contributed by atoms with van der Waals surface area (Å²) in [5, 5.41) is 0. The van der Waals surface area contributed by atoms with Crippen LogP contribution in [0.25, 0.3) is 6.08 Å². The van der Waals surface area contributed by atoms with Crippen LogP contribution in [0.4, 0.5) is 0 Å². The highest BCUT2D eigenvalue weighted by atomic mass is 14.0. The van der Waals surface area contributed by atoms with E-state index in [4.69, 9.17) is 0 Å². The molecule has 0 bridgehead atoms. The van der Waals surface area contributed by atoms with E-state index >= 15 is 0 Å². The van der Waals surface area contributed by atoms with Crippen LogP contribution < -0.4 is 0 Å². The Hall–Kier alpha value is -1.04.